The Balaban J connectivity index is 1.69. The van der Waals surface area contributed by atoms with Gasteiger partial charge in [-0.3, -0.25) is 4.79 Å². The maximum atomic E-state index is 12.2. The topological polar surface area (TPSA) is 44.4 Å². The Morgan fingerprint density at radius 1 is 1.32 bits per heavy atom. The van der Waals surface area contributed by atoms with E-state index in [9.17, 15) is 4.79 Å². The molecule has 2 aliphatic heterocycles. The lowest BCUT2D eigenvalue weighted by molar-refractivity contribution is -0.126. The summed E-state index contributed by atoms with van der Waals surface area (Å²) in [7, 11) is 0. The lowest BCUT2D eigenvalue weighted by atomic mass is 9.96. The van der Waals surface area contributed by atoms with Gasteiger partial charge in [0.15, 0.2) is 0 Å². The van der Waals surface area contributed by atoms with Gasteiger partial charge < -0.3 is 15.5 Å². The minimum Gasteiger partial charge on any atom is -0.353 e. The highest BCUT2D eigenvalue weighted by molar-refractivity contribution is 5.79. The standard InChI is InChI=1S/C15H29N3O/c1-3-4-7-18-8-5-13(6-9-18)17-15(19)14-11-16-10-12(14)2/h12-14,16H,3-11H2,1-2H3,(H,17,19)/t12-,14-/m1/s1. The molecule has 2 saturated heterocycles. The number of nitrogens with zero attached hydrogens (tertiary/aromatic N) is 1. The Labute approximate surface area is 117 Å². The molecule has 0 saturated carbocycles. The zero-order chi connectivity index (χ0) is 13.7. The van der Waals surface area contributed by atoms with Crippen molar-refractivity contribution in [2.75, 3.05) is 32.7 Å². The van der Waals surface area contributed by atoms with Crippen LogP contribution in [0.15, 0.2) is 0 Å². The Morgan fingerprint density at radius 3 is 2.63 bits per heavy atom. The molecule has 1 amide bonds. The van der Waals surface area contributed by atoms with Crippen LogP contribution >= 0.6 is 0 Å². The molecule has 2 N–H and O–H groups in total. The zero-order valence-electron chi connectivity index (χ0n) is 12.5. The molecule has 0 spiro atoms. The van der Waals surface area contributed by atoms with Crippen molar-refractivity contribution in [3.05, 3.63) is 0 Å². The summed E-state index contributed by atoms with van der Waals surface area (Å²) in [6.45, 7) is 9.74. The average molecular weight is 267 g/mol. The van der Waals surface area contributed by atoms with E-state index < -0.39 is 0 Å². The van der Waals surface area contributed by atoms with Crippen molar-refractivity contribution < 1.29 is 4.79 Å². The quantitative estimate of drug-likeness (QED) is 0.787. The first-order valence-electron chi connectivity index (χ1n) is 7.94. The van der Waals surface area contributed by atoms with Gasteiger partial charge in [0.2, 0.25) is 5.91 Å². The third kappa shape index (κ3) is 4.18. The molecule has 2 atom stereocenters. The molecule has 2 rings (SSSR count). The molecular formula is C15H29N3O. The van der Waals surface area contributed by atoms with Gasteiger partial charge in [0.1, 0.15) is 0 Å². The normalized spacial score (nSPS) is 29.6. The van der Waals surface area contributed by atoms with Crippen LogP contribution in [-0.2, 0) is 4.79 Å². The van der Waals surface area contributed by atoms with E-state index in [-0.39, 0.29) is 11.8 Å². The van der Waals surface area contributed by atoms with Crippen molar-refractivity contribution >= 4 is 5.91 Å². The number of hydrogen-bond acceptors (Lipinski definition) is 3. The van der Waals surface area contributed by atoms with Crippen molar-refractivity contribution in [1.82, 2.24) is 15.5 Å². The second kappa shape index (κ2) is 7.25. The maximum Gasteiger partial charge on any atom is 0.224 e. The van der Waals surface area contributed by atoms with Gasteiger partial charge in [-0.05, 0) is 38.3 Å². The number of amides is 1. The van der Waals surface area contributed by atoms with Crippen LogP contribution in [-0.4, -0.2) is 49.6 Å². The largest absolute Gasteiger partial charge is 0.353 e. The molecule has 110 valence electrons. The summed E-state index contributed by atoms with van der Waals surface area (Å²) in [6, 6.07) is 0.401. The molecule has 2 heterocycles. The first-order chi connectivity index (χ1) is 9.20. The molecule has 19 heavy (non-hydrogen) atoms. The van der Waals surface area contributed by atoms with Crippen molar-refractivity contribution in [1.29, 1.82) is 0 Å². The molecule has 0 bridgehead atoms. The van der Waals surface area contributed by atoms with E-state index in [4.69, 9.17) is 0 Å². The third-order valence-electron chi connectivity index (χ3n) is 4.62. The van der Waals surface area contributed by atoms with Crippen LogP contribution in [0.4, 0.5) is 0 Å². The number of unbranched alkanes of at least 4 members (excludes halogenated alkanes) is 1. The number of piperidine rings is 1. The Bertz CT molecular complexity index is 287. The highest BCUT2D eigenvalue weighted by Crippen LogP contribution is 2.17. The molecule has 0 aliphatic carbocycles. The van der Waals surface area contributed by atoms with Crippen LogP contribution < -0.4 is 10.6 Å². The summed E-state index contributed by atoms with van der Waals surface area (Å²) < 4.78 is 0. The Kier molecular flexibility index (Phi) is 5.64. The van der Waals surface area contributed by atoms with E-state index in [0.717, 1.165) is 39.0 Å². The van der Waals surface area contributed by atoms with Crippen LogP contribution in [0, 0.1) is 11.8 Å². The van der Waals surface area contributed by atoms with Gasteiger partial charge in [0.05, 0.1) is 5.92 Å². The molecule has 4 nitrogen and oxygen atoms in total. The first-order valence-corrected chi connectivity index (χ1v) is 7.94. The van der Waals surface area contributed by atoms with Crippen LogP contribution in [0.3, 0.4) is 0 Å². The second-order valence-electron chi connectivity index (χ2n) is 6.22. The van der Waals surface area contributed by atoms with E-state index in [1.807, 2.05) is 0 Å². The van der Waals surface area contributed by atoms with Gasteiger partial charge in [-0.15, -0.1) is 0 Å². The SMILES string of the molecule is CCCCN1CCC(NC(=O)[C@@H]2CNC[C@H]2C)CC1. The lowest BCUT2D eigenvalue weighted by Gasteiger charge is -2.33. The fraction of sp³-hybridized carbons (Fsp3) is 0.933. The molecule has 0 unspecified atom stereocenters. The summed E-state index contributed by atoms with van der Waals surface area (Å²) in [6.07, 6.45) is 4.79. The summed E-state index contributed by atoms with van der Waals surface area (Å²) in [5.74, 6) is 0.923. The van der Waals surface area contributed by atoms with Crippen molar-refractivity contribution in [3.8, 4) is 0 Å². The highest BCUT2D eigenvalue weighted by atomic mass is 16.2. The molecular weight excluding hydrogens is 238 g/mol. The molecule has 4 heteroatoms. The number of likely N-dealkylation sites (tertiary alicyclic amines) is 1. The minimum absolute atomic E-state index is 0.179. The lowest BCUT2D eigenvalue weighted by Crippen LogP contribution is -2.47. The van der Waals surface area contributed by atoms with Crippen molar-refractivity contribution in [2.24, 2.45) is 11.8 Å². The van der Waals surface area contributed by atoms with Crippen LogP contribution in [0.5, 0.6) is 0 Å². The molecule has 0 aromatic heterocycles. The molecule has 0 radical (unpaired) electrons. The van der Waals surface area contributed by atoms with E-state index in [0.29, 0.717) is 12.0 Å². The number of rotatable bonds is 5. The average Bonchev–Trinajstić information content (AvgIpc) is 2.84. The van der Waals surface area contributed by atoms with Gasteiger partial charge in [0, 0.05) is 25.7 Å². The molecule has 2 aliphatic rings. The minimum atomic E-state index is 0.179. The van der Waals surface area contributed by atoms with E-state index >= 15 is 0 Å². The fourth-order valence-electron chi connectivity index (χ4n) is 3.15. The molecule has 2 fully saturated rings. The first kappa shape index (κ1) is 14.8. The van der Waals surface area contributed by atoms with Crippen LogP contribution in [0.2, 0.25) is 0 Å². The summed E-state index contributed by atoms with van der Waals surface area (Å²) in [4.78, 5) is 14.7. The highest BCUT2D eigenvalue weighted by Gasteiger charge is 2.31. The molecule has 0 aromatic carbocycles. The maximum absolute atomic E-state index is 12.2. The van der Waals surface area contributed by atoms with Gasteiger partial charge in [-0.2, -0.15) is 0 Å². The zero-order valence-corrected chi connectivity index (χ0v) is 12.5. The van der Waals surface area contributed by atoms with E-state index in [2.05, 4.69) is 29.4 Å². The monoisotopic (exact) mass is 267 g/mol. The summed E-state index contributed by atoms with van der Waals surface area (Å²) in [5, 5.41) is 6.56. The number of carbonyl (C=O) groups excluding carboxylic acids is 1. The predicted molar refractivity (Wildman–Crippen MR) is 78.0 cm³/mol. The number of carbonyl (C=O) groups is 1. The summed E-state index contributed by atoms with van der Waals surface area (Å²) >= 11 is 0. The smallest absolute Gasteiger partial charge is 0.224 e. The van der Waals surface area contributed by atoms with Gasteiger partial charge >= 0.3 is 0 Å². The van der Waals surface area contributed by atoms with E-state index in [1.54, 1.807) is 0 Å². The molecule has 0 aromatic rings. The number of hydrogen-bond donors (Lipinski definition) is 2. The summed E-state index contributed by atoms with van der Waals surface area (Å²) in [5.41, 5.74) is 0. The van der Waals surface area contributed by atoms with Crippen LogP contribution in [0.1, 0.15) is 39.5 Å². The predicted octanol–water partition coefficient (Wildman–Crippen LogP) is 1.22. The van der Waals surface area contributed by atoms with Crippen molar-refractivity contribution in [3.63, 3.8) is 0 Å². The Hall–Kier alpha value is -0.610. The van der Waals surface area contributed by atoms with Crippen molar-refractivity contribution in [2.45, 2.75) is 45.6 Å². The third-order valence-corrected chi connectivity index (χ3v) is 4.62. The van der Waals surface area contributed by atoms with Gasteiger partial charge in [-0.1, -0.05) is 20.3 Å². The van der Waals surface area contributed by atoms with Gasteiger partial charge in [-0.25, -0.2) is 0 Å². The van der Waals surface area contributed by atoms with Gasteiger partial charge in [0.25, 0.3) is 0 Å². The number of nitrogens with one attached hydrogen (secondary N) is 2. The van der Waals surface area contributed by atoms with Crippen LogP contribution in [0.25, 0.3) is 0 Å². The van der Waals surface area contributed by atoms with E-state index in [1.165, 1.54) is 19.4 Å². The fourth-order valence-corrected chi connectivity index (χ4v) is 3.15. The Morgan fingerprint density at radius 2 is 2.05 bits per heavy atom. The second-order valence-corrected chi connectivity index (χ2v) is 6.22.